The van der Waals surface area contributed by atoms with Crippen LogP contribution >= 0.6 is 0 Å². The van der Waals surface area contributed by atoms with Crippen LogP contribution in [0.4, 0.5) is 0 Å². The third kappa shape index (κ3) is 5.70. The molecule has 0 spiro atoms. The van der Waals surface area contributed by atoms with Gasteiger partial charge in [-0.05, 0) is 123 Å². The zero-order valence-corrected chi connectivity index (χ0v) is 34.5. The smallest absolute Gasteiger partial charge is 0.260 e. The number of benzene rings is 9. The third-order valence-electron chi connectivity index (χ3n) is 12.7. The van der Waals surface area contributed by atoms with Crippen LogP contribution in [0.15, 0.2) is 164 Å². The first kappa shape index (κ1) is 35.6. The van der Waals surface area contributed by atoms with Crippen LogP contribution in [0.2, 0.25) is 0 Å². The van der Waals surface area contributed by atoms with E-state index in [4.69, 9.17) is 9.47 Å². The summed E-state index contributed by atoms with van der Waals surface area (Å²) in [7, 11) is 0. The van der Waals surface area contributed by atoms with E-state index < -0.39 is 0 Å². The van der Waals surface area contributed by atoms with Crippen molar-refractivity contribution in [1.29, 1.82) is 0 Å². The van der Waals surface area contributed by atoms with E-state index in [0.29, 0.717) is 0 Å². The number of rotatable bonds is 3. The predicted octanol–water partition coefficient (Wildman–Crippen LogP) is 13.5. The number of hydrogen-bond donors (Lipinski definition) is 0. The maximum absolute atomic E-state index is 7.03. The first-order valence-corrected chi connectivity index (χ1v) is 20.9. The Bertz CT molecular complexity index is 3030. The van der Waals surface area contributed by atoms with E-state index in [9.17, 15) is 0 Å². The van der Waals surface area contributed by atoms with Crippen molar-refractivity contribution < 1.29 is 9.47 Å². The molecular weight excluding hydrogens is 715 g/mol. The molecule has 0 saturated heterocycles. The molecule has 0 bridgehead atoms. The lowest BCUT2D eigenvalue weighted by molar-refractivity contribution is 0.461. The van der Waals surface area contributed by atoms with Crippen molar-refractivity contribution in [3.8, 4) is 56.4 Å². The van der Waals surface area contributed by atoms with Crippen LogP contribution in [0.1, 0.15) is 52.7 Å². The van der Waals surface area contributed by atoms with Crippen molar-refractivity contribution in [3.63, 3.8) is 0 Å². The molecule has 2 aliphatic heterocycles. The minimum absolute atomic E-state index is 0.00250. The van der Waals surface area contributed by atoms with Gasteiger partial charge in [-0.25, -0.2) is 0 Å². The van der Waals surface area contributed by atoms with Gasteiger partial charge in [0.1, 0.15) is 23.0 Å². The van der Waals surface area contributed by atoms with Crippen molar-refractivity contribution >= 4 is 55.4 Å². The quantitative estimate of drug-likeness (QED) is 0.132. The molecule has 9 aromatic carbocycles. The van der Waals surface area contributed by atoms with Crippen LogP contribution in [-0.4, -0.2) is 6.71 Å². The van der Waals surface area contributed by atoms with Crippen LogP contribution in [-0.2, 0) is 10.8 Å². The van der Waals surface area contributed by atoms with Gasteiger partial charge < -0.3 is 9.47 Å². The van der Waals surface area contributed by atoms with Crippen LogP contribution in [0.5, 0.6) is 23.0 Å². The van der Waals surface area contributed by atoms with Gasteiger partial charge in [0.2, 0.25) is 0 Å². The second-order valence-electron chi connectivity index (χ2n) is 18.5. The molecule has 0 fully saturated rings. The standard InChI is InChI=1S/C56H45BO2/c1-55(2,3)38-26-28-46-48(32-38)58-50-30-37(31-51-54(50)57(46)47-29-27-39(56(4,5)6)33-49(47)59-51)53-44-19-11-9-17-42(44)52(43-18-10-12-20-45(43)53)36-24-22-35(23-25-36)41-21-13-15-34-14-7-8-16-40(34)41/h7-33H,1-6H3. The van der Waals surface area contributed by atoms with Gasteiger partial charge in [0, 0.05) is 5.46 Å². The Hall–Kier alpha value is -6.58. The van der Waals surface area contributed by atoms with E-state index in [1.165, 1.54) is 82.2 Å². The highest BCUT2D eigenvalue weighted by Crippen LogP contribution is 2.47. The molecule has 0 amide bonds. The molecule has 9 aromatic rings. The van der Waals surface area contributed by atoms with Crippen LogP contribution in [0.25, 0.3) is 65.7 Å². The molecular formula is C56H45BO2. The van der Waals surface area contributed by atoms with E-state index in [0.717, 1.165) is 34.0 Å². The molecule has 0 saturated carbocycles. The van der Waals surface area contributed by atoms with E-state index in [-0.39, 0.29) is 17.5 Å². The van der Waals surface area contributed by atoms with E-state index >= 15 is 0 Å². The van der Waals surface area contributed by atoms with Crippen molar-refractivity contribution in [2.24, 2.45) is 0 Å². The fourth-order valence-electron chi connectivity index (χ4n) is 9.61. The van der Waals surface area contributed by atoms with Gasteiger partial charge in [0.25, 0.3) is 6.71 Å². The van der Waals surface area contributed by atoms with Crippen LogP contribution < -0.4 is 25.9 Å². The molecule has 0 radical (unpaired) electrons. The van der Waals surface area contributed by atoms with E-state index in [2.05, 4.69) is 205 Å². The first-order valence-electron chi connectivity index (χ1n) is 20.9. The molecule has 2 heterocycles. The molecule has 0 atom stereocenters. The van der Waals surface area contributed by atoms with Crippen LogP contribution in [0, 0.1) is 0 Å². The van der Waals surface area contributed by atoms with Gasteiger partial charge in [-0.1, -0.05) is 181 Å². The topological polar surface area (TPSA) is 18.5 Å². The van der Waals surface area contributed by atoms with Crippen molar-refractivity contribution in [3.05, 3.63) is 175 Å². The lowest BCUT2D eigenvalue weighted by Crippen LogP contribution is -2.57. The second kappa shape index (κ2) is 13.0. The Morgan fingerprint density at radius 2 is 0.814 bits per heavy atom. The fourth-order valence-corrected chi connectivity index (χ4v) is 9.61. The summed E-state index contributed by atoms with van der Waals surface area (Å²) in [5.74, 6) is 3.55. The highest BCUT2D eigenvalue weighted by molar-refractivity contribution is 6.98. The van der Waals surface area contributed by atoms with Crippen molar-refractivity contribution in [2.75, 3.05) is 0 Å². The van der Waals surface area contributed by atoms with Crippen molar-refractivity contribution in [2.45, 2.75) is 52.4 Å². The lowest BCUT2D eigenvalue weighted by Gasteiger charge is -2.35. The van der Waals surface area contributed by atoms with Gasteiger partial charge in [0.15, 0.2) is 0 Å². The molecule has 0 aromatic heterocycles. The van der Waals surface area contributed by atoms with Gasteiger partial charge >= 0.3 is 0 Å². The average molecular weight is 761 g/mol. The monoisotopic (exact) mass is 760 g/mol. The molecule has 59 heavy (non-hydrogen) atoms. The zero-order chi connectivity index (χ0) is 40.2. The maximum Gasteiger partial charge on any atom is 0.260 e. The minimum atomic E-state index is -0.0172. The Kier molecular flexibility index (Phi) is 7.82. The summed E-state index contributed by atoms with van der Waals surface area (Å²) >= 11 is 0. The largest absolute Gasteiger partial charge is 0.458 e. The Morgan fingerprint density at radius 3 is 1.32 bits per heavy atom. The van der Waals surface area contributed by atoms with Crippen molar-refractivity contribution in [1.82, 2.24) is 0 Å². The molecule has 0 N–H and O–H groups in total. The summed E-state index contributed by atoms with van der Waals surface area (Å²) in [6, 6.07) is 60.2. The van der Waals surface area contributed by atoms with E-state index in [1.54, 1.807) is 0 Å². The van der Waals surface area contributed by atoms with Gasteiger partial charge in [-0.15, -0.1) is 0 Å². The minimum Gasteiger partial charge on any atom is -0.458 e. The summed E-state index contributed by atoms with van der Waals surface area (Å²) in [4.78, 5) is 0. The highest BCUT2D eigenvalue weighted by Gasteiger charge is 2.41. The summed E-state index contributed by atoms with van der Waals surface area (Å²) in [5, 5.41) is 7.33. The number of ether oxygens (including phenoxy) is 2. The SMILES string of the molecule is CC(C)(C)c1ccc2c(c1)Oc1cc(-c3c4ccccc4c(-c4ccc(-c5cccc6ccccc56)cc4)c4ccccc34)cc3c1B2c1ccc(C(C)(C)C)cc1O3. The summed E-state index contributed by atoms with van der Waals surface area (Å²) in [6.45, 7) is 13.6. The Labute approximate surface area is 347 Å². The Morgan fingerprint density at radius 1 is 0.373 bits per heavy atom. The van der Waals surface area contributed by atoms with Gasteiger partial charge in [-0.2, -0.15) is 0 Å². The molecule has 284 valence electrons. The maximum atomic E-state index is 7.03. The average Bonchev–Trinajstić information content (AvgIpc) is 3.24. The number of hydrogen-bond acceptors (Lipinski definition) is 2. The molecule has 2 nitrogen and oxygen atoms in total. The fraction of sp³-hybridized carbons (Fsp3) is 0.143. The molecule has 0 aliphatic carbocycles. The predicted molar refractivity (Wildman–Crippen MR) is 250 cm³/mol. The summed E-state index contributed by atoms with van der Waals surface area (Å²) < 4.78 is 14.1. The second-order valence-corrected chi connectivity index (χ2v) is 18.5. The highest BCUT2D eigenvalue weighted by atomic mass is 16.5. The van der Waals surface area contributed by atoms with E-state index in [1.807, 2.05) is 0 Å². The van der Waals surface area contributed by atoms with Gasteiger partial charge in [0.05, 0.1) is 0 Å². The number of fused-ring (bicyclic) bond motifs is 7. The first-order chi connectivity index (χ1) is 28.5. The Balaban J connectivity index is 1.11. The van der Waals surface area contributed by atoms with Gasteiger partial charge in [-0.3, -0.25) is 0 Å². The zero-order valence-electron chi connectivity index (χ0n) is 34.5. The third-order valence-corrected chi connectivity index (χ3v) is 12.7. The summed E-state index contributed by atoms with van der Waals surface area (Å²) in [5.41, 5.74) is 13.1. The van der Waals surface area contributed by atoms with Crippen LogP contribution in [0.3, 0.4) is 0 Å². The molecule has 0 unspecified atom stereocenters. The normalized spacial score (nSPS) is 13.2. The molecule has 3 heteroatoms. The lowest BCUT2D eigenvalue weighted by atomic mass is 9.34. The molecule has 11 rings (SSSR count). The summed E-state index contributed by atoms with van der Waals surface area (Å²) in [6.07, 6.45) is 0. The molecule has 2 aliphatic rings.